The molecule has 1 rings (SSSR count). The zero-order valence-corrected chi connectivity index (χ0v) is 11.1. The Balaban J connectivity index is 2.20. The number of carbonyl (C=O) groups is 1. The highest BCUT2D eigenvalue weighted by molar-refractivity contribution is 5.87. The van der Waals surface area contributed by atoms with Crippen molar-refractivity contribution >= 4 is 5.97 Å². The van der Waals surface area contributed by atoms with Crippen LogP contribution in [0.15, 0.2) is 24.3 Å². The average Bonchev–Trinajstić information content (AvgIpc) is 2.41. The number of benzene rings is 1. The molecule has 3 N–H and O–H groups in total. The van der Waals surface area contributed by atoms with Gasteiger partial charge in [0, 0.05) is 19.2 Å². The van der Waals surface area contributed by atoms with E-state index in [1.54, 1.807) is 12.1 Å². The van der Waals surface area contributed by atoms with Gasteiger partial charge < -0.3 is 20.3 Å². The Kier molecular flexibility index (Phi) is 6.92. The molecule has 0 fully saturated rings. The molecule has 1 atom stereocenters. The Hall–Kier alpha value is -1.59. The van der Waals surface area contributed by atoms with Crippen LogP contribution < -0.4 is 10.1 Å². The van der Waals surface area contributed by atoms with Crippen LogP contribution in [0.4, 0.5) is 0 Å². The van der Waals surface area contributed by atoms with Crippen molar-refractivity contribution < 1.29 is 19.7 Å². The van der Waals surface area contributed by atoms with Gasteiger partial charge in [0.05, 0.1) is 5.56 Å². The first-order valence-electron chi connectivity index (χ1n) is 6.44. The van der Waals surface area contributed by atoms with Crippen molar-refractivity contribution in [1.82, 2.24) is 5.32 Å². The number of aromatic carboxylic acids is 1. The van der Waals surface area contributed by atoms with E-state index in [2.05, 4.69) is 12.2 Å². The molecule has 106 valence electrons. The summed E-state index contributed by atoms with van der Waals surface area (Å²) in [5.74, 6) is -0.277. The maximum atomic E-state index is 10.7. The summed E-state index contributed by atoms with van der Waals surface area (Å²) in [4.78, 5) is 10.7. The van der Waals surface area contributed by atoms with Gasteiger partial charge >= 0.3 is 5.97 Å². The second-order valence-corrected chi connectivity index (χ2v) is 4.40. The highest BCUT2D eigenvalue weighted by atomic mass is 16.5. The molecule has 0 bridgehead atoms. The summed E-state index contributed by atoms with van der Waals surface area (Å²) in [5.41, 5.74) is 0.253. The molecular weight excluding hydrogens is 246 g/mol. The van der Waals surface area contributed by atoms with E-state index in [4.69, 9.17) is 14.9 Å². The number of carboxylic acid groups (broad SMARTS) is 1. The van der Waals surface area contributed by atoms with Gasteiger partial charge in [0.2, 0.25) is 0 Å². The molecule has 5 heteroatoms. The van der Waals surface area contributed by atoms with Crippen LogP contribution >= 0.6 is 0 Å². The van der Waals surface area contributed by atoms with Crippen LogP contribution in [0.5, 0.6) is 5.75 Å². The summed E-state index contributed by atoms with van der Waals surface area (Å²) >= 11 is 0. The smallest absolute Gasteiger partial charge is 0.335 e. The summed E-state index contributed by atoms with van der Waals surface area (Å²) in [6, 6.07) is 6.70. The summed E-state index contributed by atoms with van der Waals surface area (Å²) in [7, 11) is 0. The van der Waals surface area contributed by atoms with E-state index in [-0.39, 0.29) is 12.2 Å². The lowest BCUT2D eigenvalue weighted by molar-refractivity contribution is 0.0697. The molecule has 1 unspecified atom stereocenters. The Morgan fingerprint density at radius 3 is 2.63 bits per heavy atom. The van der Waals surface area contributed by atoms with Gasteiger partial charge in [0.1, 0.15) is 12.4 Å². The van der Waals surface area contributed by atoms with Gasteiger partial charge in [0.15, 0.2) is 0 Å². The van der Waals surface area contributed by atoms with Crippen LogP contribution in [0.3, 0.4) is 0 Å². The molecule has 0 amide bonds. The highest BCUT2D eigenvalue weighted by Crippen LogP contribution is 2.11. The standard InChI is InChI=1S/C14H21NO4/c1-11(3-2-9-16)15-8-10-19-13-6-4-12(5-7-13)14(17)18/h4-7,11,15-16H,2-3,8-10H2,1H3,(H,17,18). The number of aliphatic hydroxyl groups is 1. The second-order valence-electron chi connectivity index (χ2n) is 4.40. The molecule has 0 radical (unpaired) electrons. The summed E-state index contributed by atoms with van der Waals surface area (Å²) in [6.45, 7) is 3.53. The molecule has 1 aromatic rings. The maximum Gasteiger partial charge on any atom is 0.335 e. The van der Waals surface area contributed by atoms with Gasteiger partial charge in [-0.2, -0.15) is 0 Å². The maximum absolute atomic E-state index is 10.7. The quantitative estimate of drug-likeness (QED) is 0.591. The Labute approximate surface area is 113 Å². The number of carboxylic acids is 1. The Morgan fingerprint density at radius 1 is 1.37 bits per heavy atom. The van der Waals surface area contributed by atoms with E-state index in [1.165, 1.54) is 12.1 Å². The molecule has 0 saturated heterocycles. The highest BCUT2D eigenvalue weighted by Gasteiger charge is 2.03. The van der Waals surface area contributed by atoms with Gasteiger partial charge in [-0.15, -0.1) is 0 Å². The molecule has 0 aliphatic heterocycles. The van der Waals surface area contributed by atoms with E-state index in [9.17, 15) is 4.79 Å². The molecule has 0 saturated carbocycles. The fraction of sp³-hybridized carbons (Fsp3) is 0.500. The van der Waals surface area contributed by atoms with Crippen LogP contribution in [0.2, 0.25) is 0 Å². The topological polar surface area (TPSA) is 78.8 Å². The van der Waals surface area contributed by atoms with E-state index in [0.717, 1.165) is 12.8 Å². The van der Waals surface area contributed by atoms with Crippen molar-refractivity contribution in [3.63, 3.8) is 0 Å². The van der Waals surface area contributed by atoms with Crippen molar-refractivity contribution in [3.05, 3.63) is 29.8 Å². The number of hydrogen-bond donors (Lipinski definition) is 3. The zero-order chi connectivity index (χ0) is 14.1. The van der Waals surface area contributed by atoms with Gasteiger partial charge in [-0.05, 0) is 44.0 Å². The summed E-state index contributed by atoms with van der Waals surface area (Å²) in [5, 5.41) is 20.7. The second kappa shape index (κ2) is 8.50. The normalized spacial score (nSPS) is 12.1. The van der Waals surface area contributed by atoms with Crippen LogP contribution in [-0.2, 0) is 0 Å². The first-order chi connectivity index (χ1) is 9.13. The van der Waals surface area contributed by atoms with Gasteiger partial charge in [-0.25, -0.2) is 4.79 Å². The SMILES string of the molecule is CC(CCCO)NCCOc1ccc(C(=O)O)cc1. The molecule has 0 aliphatic rings. The summed E-state index contributed by atoms with van der Waals surface area (Å²) in [6.07, 6.45) is 1.73. The molecule has 0 spiro atoms. The third-order valence-corrected chi connectivity index (χ3v) is 2.76. The molecule has 19 heavy (non-hydrogen) atoms. The monoisotopic (exact) mass is 267 g/mol. The minimum absolute atomic E-state index is 0.221. The lowest BCUT2D eigenvalue weighted by Gasteiger charge is -2.13. The van der Waals surface area contributed by atoms with Crippen LogP contribution in [-0.4, -0.2) is 42.0 Å². The third kappa shape index (κ3) is 6.22. The van der Waals surface area contributed by atoms with Crippen molar-refractivity contribution in [3.8, 4) is 5.75 Å². The Bertz CT molecular complexity index is 378. The molecule has 0 aliphatic carbocycles. The fourth-order valence-corrected chi connectivity index (χ4v) is 1.67. The molecule has 0 aromatic heterocycles. The van der Waals surface area contributed by atoms with Gasteiger partial charge in [0.25, 0.3) is 0 Å². The van der Waals surface area contributed by atoms with E-state index in [1.807, 2.05) is 0 Å². The molecule has 0 heterocycles. The molecular formula is C14H21NO4. The van der Waals surface area contributed by atoms with Crippen LogP contribution in [0.25, 0.3) is 0 Å². The minimum atomic E-state index is -0.939. The van der Waals surface area contributed by atoms with Crippen molar-refractivity contribution in [2.24, 2.45) is 0 Å². The third-order valence-electron chi connectivity index (χ3n) is 2.76. The number of nitrogens with one attached hydrogen (secondary N) is 1. The molecule has 5 nitrogen and oxygen atoms in total. The first-order valence-corrected chi connectivity index (χ1v) is 6.44. The predicted molar refractivity (Wildman–Crippen MR) is 72.7 cm³/mol. The lowest BCUT2D eigenvalue weighted by atomic mass is 10.2. The average molecular weight is 267 g/mol. The predicted octanol–water partition coefficient (Wildman–Crippen LogP) is 1.51. The van der Waals surface area contributed by atoms with Crippen LogP contribution in [0, 0.1) is 0 Å². The van der Waals surface area contributed by atoms with E-state index >= 15 is 0 Å². The largest absolute Gasteiger partial charge is 0.492 e. The van der Waals surface area contributed by atoms with Crippen molar-refractivity contribution in [1.29, 1.82) is 0 Å². The number of ether oxygens (including phenoxy) is 1. The van der Waals surface area contributed by atoms with Crippen molar-refractivity contribution in [2.45, 2.75) is 25.8 Å². The zero-order valence-electron chi connectivity index (χ0n) is 11.1. The number of rotatable bonds is 9. The van der Waals surface area contributed by atoms with Crippen LogP contribution in [0.1, 0.15) is 30.1 Å². The van der Waals surface area contributed by atoms with Crippen molar-refractivity contribution in [2.75, 3.05) is 19.8 Å². The van der Waals surface area contributed by atoms with E-state index < -0.39 is 5.97 Å². The first kappa shape index (κ1) is 15.5. The number of hydrogen-bond acceptors (Lipinski definition) is 4. The minimum Gasteiger partial charge on any atom is -0.492 e. The number of aliphatic hydroxyl groups excluding tert-OH is 1. The van der Waals surface area contributed by atoms with Gasteiger partial charge in [-0.3, -0.25) is 0 Å². The lowest BCUT2D eigenvalue weighted by Crippen LogP contribution is -2.30. The van der Waals surface area contributed by atoms with E-state index in [0.29, 0.717) is 24.9 Å². The fourth-order valence-electron chi connectivity index (χ4n) is 1.67. The van der Waals surface area contributed by atoms with Gasteiger partial charge in [-0.1, -0.05) is 0 Å². The summed E-state index contributed by atoms with van der Waals surface area (Å²) < 4.78 is 5.49. The molecule has 1 aromatic carbocycles. The Morgan fingerprint density at radius 2 is 2.05 bits per heavy atom.